The van der Waals surface area contributed by atoms with Crippen LogP contribution in [0.15, 0.2) is 18.3 Å². The Hall–Kier alpha value is -3.45. The van der Waals surface area contributed by atoms with Crippen molar-refractivity contribution in [2.75, 3.05) is 51.2 Å². The van der Waals surface area contributed by atoms with E-state index in [0.29, 0.717) is 6.20 Å². The molecule has 0 spiro atoms. The van der Waals surface area contributed by atoms with Crippen molar-refractivity contribution >= 4 is 23.4 Å². The quantitative estimate of drug-likeness (QED) is 0.535. The number of rotatable bonds is 8. The van der Waals surface area contributed by atoms with E-state index in [1.807, 2.05) is 0 Å². The molecule has 14 heteroatoms. The number of aromatic nitrogens is 2. The third kappa shape index (κ3) is 5.37. The average molecular weight is 493 g/mol. The van der Waals surface area contributed by atoms with E-state index >= 15 is 0 Å². The number of nitrogens with one attached hydrogen (secondary N) is 2. The van der Waals surface area contributed by atoms with Gasteiger partial charge >= 0.3 is 6.18 Å². The first-order valence-corrected chi connectivity index (χ1v) is 9.96. The van der Waals surface area contributed by atoms with Crippen LogP contribution in [0.2, 0.25) is 0 Å². The number of hydrogen-bond acceptors (Lipinski definition) is 7. The number of halogens is 6. The molecule has 186 valence electrons. The Labute approximate surface area is 190 Å². The minimum Gasteiger partial charge on any atom is -0.496 e. The standard InChI is InChI=1S/C20H21F6N5O3/c1-27-16-11(20(24,25)26)9-28-18(30-16)29-15-13(34-8-6-21)4-3-12(33-2)14(15)17(32)31-7-5-19(22,23)10-31/h3-4,9H,5-8,10H2,1-2H3,(H2,27,28,29,30). The lowest BCUT2D eigenvalue weighted by Crippen LogP contribution is -2.32. The monoisotopic (exact) mass is 493 g/mol. The summed E-state index contributed by atoms with van der Waals surface area (Å²) in [7, 11) is 2.47. The van der Waals surface area contributed by atoms with Gasteiger partial charge in [-0.25, -0.2) is 18.2 Å². The van der Waals surface area contributed by atoms with Gasteiger partial charge in [0.25, 0.3) is 11.8 Å². The van der Waals surface area contributed by atoms with E-state index in [9.17, 15) is 31.1 Å². The largest absolute Gasteiger partial charge is 0.496 e. The minimum atomic E-state index is -4.73. The molecule has 0 aliphatic carbocycles. The van der Waals surface area contributed by atoms with Crippen LogP contribution in [0.4, 0.5) is 43.8 Å². The van der Waals surface area contributed by atoms with Crippen molar-refractivity contribution in [3.63, 3.8) is 0 Å². The summed E-state index contributed by atoms with van der Waals surface area (Å²) in [5.41, 5.74) is -1.54. The summed E-state index contributed by atoms with van der Waals surface area (Å²) < 4.78 is 90.3. The van der Waals surface area contributed by atoms with Crippen molar-refractivity contribution in [3.8, 4) is 11.5 Å². The Morgan fingerprint density at radius 3 is 2.53 bits per heavy atom. The first kappa shape index (κ1) is 25.2. The number of benzene rings is 1. The molecule has 2 N–H and O–H groups in total. The third-order valence-corrected chi connectivity index (χ3v) is 4.92. The average Bonchev–Trinajstić information content (AvgIpc) is 3.16. The molecule has 0 saturated carbocycles. The fraction of sp³-hybridized carbons (Fsp3) is 0.450. The zero-order valence-corrected chi connectivity index (χ0v) is 18.1. The van der Waals surface area contributed by atoms with Crippen molar-refractivity contribution < 1.29 is 40.6 Å². The molecule has 1 saturated heterocycles. The van der Waals surface area contributed by atoms with Gasteiger partial charge in [0, 0.05) is 26.2 Å². The van der Waals surface area contributed by atoms with E-state index in [4.69, 9.17) is 9.47 Å². The molecule has 34 heavy (non-hydrogen) atoms. The summed E-state index contributed by atoms with van der Waals surface area (Å²) in [5, 5.41) is 4.93. The molecule has 1 aliphatic rings. The second-order valence-corrected chi connectivity index (χ2v) is 7.21. The second-order valence-electron chi connectivity index (χ2n) is 7.21. The molecule has 2 heterocycles. The summed E-state index contributed by atoms with van der Waals surface area (Å²) in [6.45, 7) is -2.35. The van der Waals surface area contributed by atoms with Crippen LogP contribution in [0, 0.1) is 0 Å². The Morgan fingerprint density at radius 2 is 1.97 bits per heavy atom. The molecule has 0 radical (unpaired) electrons. The van der Waals surface area contributed by atoms with Crippen LogP contribution < -0.4 is 20.1 Å². The summed E-state index contributed by atoms with van der Waals surface area (Å²) in [4.78, 5) is 21.5. The molecule has 1 aromatic carbocycles. The molecule has 1 fully saturated rings. The number of hydrogen-bond donors (Lipinski definition) is 2. The number of amides is 1. The highest BCUT2D eigenvalue weighted by atomic mass is 19.4. The fourth-order valence-electron chi connectivity index (χ4n) is 3.36. The predicted octanol–water partition coefficient (Wildman–Crippen LogP) is 4.12. The molecule has 1 aliphatic heterocycles. The highest BCUT2D eigenvalue weighted by molar-refractivity contribution is 6.04. The van der Waals surface area contributed by atoms with Gasteiger partial charge < -0.3 is 25.0 Å². The van der Waals surface area contributed by atoms with Gasteiger partial charge in [-0.15, -0.1) is 0 Å². The van der Waals surface area contributed by atoms with Crippen LogP contribution in [-0.4, -0.2) is 67.2 Å². The lowest BCUT2D eigenvalue weighted by atomic mass is 10.1. The molecule has 1 amide bonds. The zero-order chi connectivity index (χ0) is 25.1. The summed E-state index contributed by atoms with van der Waals surface area (Å²) in [6.07, 6.45) is -4.73. The highest BCUT2D eigenvalue weighted by Crippen LogP contribution is 2.40. The first-order chi connectivity index (χ1) is 16.0. The van der Waals surface area contributed by atoms with E-state index in [2.05, 4.69) is 20.6 Å². The smallest absolute Gasteiger partial charge is 0.421 e. The Morgan fingerprint density at radius 1 is 1.26 bits per heavy atom. The van der Waals surface area contributed by atoms with E-state index in [1.165, 1.54) is 26.3 Å². The number of methoxy groups -OCH3 is 1. The Kier molecular flexibility index (Phi) is 7.26. The molecule has 3 rings (SSSR count). The maximum atomic E-state index is 13.7. The second kappa shape index (κ2) is 9.81. The Balaban J connectivity index is 2.09. The van der Waals surface area contributed by atoms with Crippen LogP contribution in [0.3, 0.4) is 0 Å². The van der Waals surface area contributed by atoms with E-state index in [1.54, 1.807) is 0 Å². The third-order valence-electron chi connectivity index (χ3n) is 4.92. The van der Waals surface area contributed by atoms with Crippen molar-refractivity contribution in [1.29, 1.82) is 0 Å². The van der Waals surface area contributed by atoms with Crippen LogP contribution in [0.5, 0.6) is 11.5 Å². The normalized spacial score (nSPS) is 15.2. The van der Waals surface area contributed by atoms with Gasteiger partial charge in [0.15, 0.2) is 0 Å². The van der Waals surface area contributed by atoms with Gasteiger partial charge in [0.05, 0.1) is 13.7 Å². The van der Waals surface area contributed by atoms with Crippen LogP contribution in [0.25, 0.3) is 0 Å². The van der Waals surface area contributed by atoms with Gasteiger partial charge in [-0.1, -0.05) is 0 Å². The van der Waals surface area contributed by atoms with E-state index < -0.39 is 55.6 Å². The molecule has 8 nitrogen and oxygen atoms in total. The molecular weight excluding hydrogens is 472 g/mol. The van der Waals surface area contributed by atoms with Gasteiger partial charge in [-0.3, -0.25) is 4.79 Å². The number of alkyl halides is 6. The number of nitrogens with zero attached hydrogens (tertiary/aromatic N) is 3. The zero-order valence-electron chi connectivity index (χ0n) is 18.1. The maximum absolute atomic E-state index is 13.7. The number of anilines is 3. The number of likely N-dealkylation sites (tertiary alicyclic amines) is 1. The molecule has 0 unspecified atom stereocenters. The van der Waals surface area contributed by atoms with Crippen LogP contribution in [-0.2, 0) is 6.18 Å². The van der Waals surface area contributed by atoms with Gasteiger partial charge in [0.1, 0.15) is 47.4 Å². The van der Waals surface area contributed by atoms with Crippen LogP contribution >= 0.6 is 0 Å². The van der Waals surface area contributed by atoms with Gasteiger partial charge in [0.2, 0.25) is 5.95 Å². The molecule has 2 aromatic rings. The number of carbonyl (C=O) groups excluding carboxylic acids is 1. The van der Waals surface area contributed by atoms with Crippen molar-refractivity contribution in [3.05, 3.63) is 29.5 Å². The summed E-state index contributed by atoms with van der Waals surface area (Å²) in [6, 6.07) is 2.65. The first-order valence-electron chi connectivity index (χ1n) is 9.96. The number of ether oxygens (including phenoxy) is 2. The van der Waals surface area contributed by atoms with Crippen molar-refractivity contribution in [2.45, 2.75) is 18.5 Å². The topological polar surface area (TPSA) is 88.6 Å². The summed E-state index contributed by atoms with van der Waals surface area (Å²) >= 11 is 0. The van der Waals surface area contributed by atoms with Crippen molar-refractivity contribution in [2.24, 2.45) is 0 Å². The van der Waals surface area contributed by atoms with Gasteiger partial charge in [-0.05, 0) is 12.1 Å². The summed E-state index contributed by atoms with van der Waals surface area (Å²) in [5.74, 6) is -4.94. The molecular formula is C20H21F6N5O3. The minimum absolute atomic E-state index is 0.0314. The number of carbonyl (C=O) groups is 1. The molecule has 0 atom stereocenters. The lowest BCUT2D eigenvalue weighted by Gasteiger charge is -2.22. The van der Waals surface area contributed by atoms with E-state index in [-0.39, 0.29) is 35.2 Å². The Bertz CT molecular complexity index is 1050. The van der Waals surface area contributed by atoms with Crippen LogP contribution in [0.1, 0.15) is 22.3 Å². The fourth-order valence-corrected chi connectivity index (χ4v) is 3.36. The predicted molar refractivity (Wildman–Crippen MR) is 110 cm³/mol. The SMILES string of the molecule is CNc1nc(Nc2c(OCCF)ccc(OC)c2C(=O)N2CCC(F)(F)C2)ncc1C(F)(F)F. The molecule has 1 aromatic heterocycles. The van der Waals surface area contributed by atoms with Crippen molar-refractivity contribution in [1.82, 2.24) is 14.9 Å². The van der Waals surface area contributed by atoms with E-state index in [0.717, 1.165) is 4.90 Å². The highest BCUT2D eigenvalue weighted by Gasteiger charge is 2.42. The molecule has 0 bridgehead atoms. The van der Waals surface area contributed by atoms with Gasteiger partial charge in [-0.2, -0.15) is 18.2 Å². The maximum Gasteiger partial charge on any atom is 0.421 e. The lowest BCUT2D eigenvalue weighted by molar-refractivity contribution is -0.137.